The molecular weight excluding hydrogens is 244 g/mol. The standard InChI is InChI=1S/C14H18N2O3/c1-2-19-7-3-6-15-14(18)11-5-4-10-9-13(17)16-12(10)8-11/h4-5,8H,2-3,6-7,9H2,1H3,(H,15,18)(H,16,17). The van der Waals surface area contributed by atoms with Crippen LogP contribution in [0.2, 0.25) is 0 Å². The van der Waals surface area contributed by atoms with Gasteiger partial charge in [0.25, 0.3) is 5.91 Å². The molecule has 5 nitrogen and oxygen atoms in total. The van der Waals surface area contributed by atoms with Crippen molar-refractivity contribution in [1.82, 2.24) is 5.32 Å². The van der Waals surface area contributed by atoms with Crippen LogP contribution in [0.15, 0.2) is 18.2 Å². The van der Waals surface area contributed by atoms with E-state index < -0.39 is 0 Å². The Kier molecular flexibility index (Phi) is 4.52. The third kappa shape index (κ3) is 3.54. The minimum Gasteiger partial charge on any atom is -0.382 e. The maximum absolute atomic E-state index is 11.9. The molecule has 0 aromatic heterocycles. The van der Waals surface area contributed by atoms with E-state index in [-0.39, 0.29) is 11.8 Å². The first-order valence-electron chi connectivity index (χ1n) is 6.49. The van der Waals surface area contributed by atoms with Crippen molar-refractivity contribution < 1.29 is 14.3 Å². The molecule has 102 valence electrons. The molecule has 19 heavy (non-hydrogen) atoms. The number of benzene rings is 1. The van der Waals surface area contributed by atoms with Gasteiger partial charge in [0.1, 0.15) is 0 Å². The van der Waals surface area contributed by atoms with E-state index in [2.05, 4.69) is 10.6 Å². The lowest BCUT2D eigenvalue weighted by Crippen LogP contribution is -2.25. The summed E-state index contributed by atoms with van der Waals surface area (Å²) in [4.78, 5) is 23.1. The summed E-state index contributed by atoms with van der Waals surface area (Å²) in [5.74, 6) is -0.148. The fourth-order valence-electron chi connectivity index (χ4n) is 1.98. The number of carbonyl (C=O) groups excluding carboxylic acids is 2. The Hall–Kier alpha value is -1.88. The van der Waals surface area contributed by atoms with Gasteiger partial charge in [0.05, 0.1) is 6.42 Å². The highest BCUT2D eigenvalue weighted by atomic mass is 16.5. The van der Waals surface area contributed by atoms with Crippen molar-refractivity contribution in [2.24, 2.45) is 0 Å². The molecule has 1 aliphatic heterocycles. The third-order valence-corrected chi connectivity index (χ3v) is 2.95. The van der Waals surface area contributed by atoms with Gasteiger partial charge in [-0.2, -0.15) is 0 Å². The number of hydrogen-bond acceptors (Lipinski definition) is 3. The Labute approximate surface area is 112 Å². The summed E-state index contributed by atoms with van der Waals surface area (Å²) in [6, 6.07) is 5.29. The summed E-state index contributed by atoms with van der Waals surface area (Å²) in [6.07, 6.45) is 1.19. The smallest absolute Gasteiger partial charge is 0.251 e. The predicted molar refractivity (Wildman–Crippen MR) is 72.2 cm³/mol. The molecule has 0 saturated heterocycles. The average molecular weight is 262 g/mol. The van der Waals surface area contributed by atoms with E-state index in [1.54, 1.807) is 12.1 Å². The quantitative estimate of drug-likeness (QED) is 0.760. The molecule has 1 aromatic rings. The highest BCUT2D eigenvalue weighted by Crippen LogP contribution is 2.23. The number of ether oxygens (including phenoxy) is 1. The lowest BCUT2D eigenvalue weighted by Gasteiger charge is -2.07. The largest absolute Gasteiger partial charge is 0.382 e. The summed E-state index contributed by atoms with van der Waals surface area (Å²) in [7, 11) is 0. The van der Waals surface area contributed by atoms with Crippen LogP contribution in [-0.4, -0.2) is 31.6 Å². The number of nitrogens with one attached hydrogen (secondary N) is 2. The molecule has 0 radical (unpaired) electrons. The van der Waals surface area contributed by atoms with Crippen molar-refractivity contribution in [2.45, 2.75) is 19.8 Å². The molecule has 1 aliphatic rings. The molecule has 0 aliphatic carbocycles. The van der Waals surface area contributed by atoms with Crippen LogP contribution in [0.5, 0.6) is 0 Å². The molecule has 2 N–H and O–H groups in total. The lowest BCUT2D eigenvalue weighted by molar-refractivity contribution is -0.115. The van der Waals surface area contributed by atoms with Crippen molar-refractivity contribution in [2.75, 3.05) is 25.1 Å². The lowest BCUT2D eigenvalue weighted by atomic mass is 10.1. The zero-order chi connectivity index (χ0) is 13.7. The van der Waals surface area contributed by atoms with E-state index in [1.807, 2.05) is 13.0 Å². The van der Waals surface area contributed by atoms with Crippen LogP contribution in [-0.2, 0) is 16.0 Å². The van der Waals surface area contributed by atoms with Crippen LogP contribution in [0.4, 0.5) is 5.69 Å². The first-order valence-corrected chi connectivity index (χ1v) is 6.49. The average Bonchev–Trinajstić information content (AvgIpc) is 2.77. The summed E-state index contributed by atoms with van der Waals surface area (Å²) in [6.45, 7) is 3.87. The fraction of sp³-hybridized carbons (Fsp3) is 0.429. The van der Waals surface area contributed by atoms with Gasteiger partial charge in [0, 0.05) is 31.0 Å². The summed E-state index contributed by atoms with van der Waals surface area (Å²) in [5, 5.41) is 5.57. The highest BCUT2D eigenvalue weighted by molar-refractivity contribution is 6.02. The van der Waals surface area contributed by atoms with Crippen LogP contribution in [0.25, 0.3) is 0 Å². The topological polar surface area (TPSA) is 67.4 Å². The summed E-state index contributed by atoms with van der Waals surface area (Å²) >= 11 is 0. The molecule has 0 fully saturated rings. The number of rotatable bonds is 6. The zero-order valence-corrected chi connectivity index (χ0v) is 11.0. The van der Waals surface area contributed by atoms with Crippen LogP contribution in [0.3, 0.4) is 0 Å². The van der Waals surface area contributed by atoms with E-state index >= 15 is 0 Å². The molecular formula is C14H18N2O3. The minimum absolute atomic E-state index is 0.0238. The molecule has 1 heterocycles. The predicted octanol–water partition coefficient (Wildman–Crippen LogP) is 1.34. The molecule has 0 saturated carbocycles. The number of hydrogen-bond donors (Lipinski definition) is 2. The second kappa shape index (κ2) is 6.33. The number of amides is 2. The number of fused-ring (bicyclic) bond motifs is 1. The van der Waals surface area contributed by atoms with Gasteiger partial charge in [-0.1, -0.05) is 6.07 Å². The SMILES string of the molecule is CCOCCCNC(=O)c1ccc2c(c1)NC(=O)C2. The Balaban J connectivity index is 1.86. The monoisotopic (exact) mass is 262 g/mol. The maximum atomic E-state index is 11.9. The van der Waals surface area contributed by atoms with Crippen molar-refractivity contribution in [3.8, 4) is 0 Å². The van der Waals surface area contributed by atoms with E-state index in [0.717, 1.165) is 17.7 Å². The van der Waals surface area contributed by atoms with Crippen molar-refractivity contribution in [3.63, 3.8) is 0 Å². The van der Waals surface area contributed by atoms with Gasteiger partial charge in [0.15, 0.2) is 0 Å². The molecule has 0 bridgehead atoms. The van der Waals surface area contributed by atoms with Gasteiger partial charge in [-0.25, -0.2) is 0 Å². The molecule has 2 amide bonds. The maximum Gasteiger partial charge on any atom is 0.251 e. The zero-order valence-electron chi connectivity index (χ0n) is 11.0. The van der Waals surface area contributed by atoms with Gasteiger partial charge in [-0.3, -0.25) is 9.59 Å². The number of carbonyl (C=O) groups is 2. The number of anilines is 1. The molecule has 2 rings (SSSR count). The normalized spacial score (nSPS) is 13.0. The first-order chi connectivity index (χ1) is 9.20. The Morgan fingerprint density at radius 2 is 2.32 bits per heavy atom. The van der Waals surface area contributed by atoms with E-state index in [9.17, 15) is 9.59 Å². The molecule has 0 atom stereocenters. The van der Waals surface area contributed by atoms with Crippen molar-refractivity contribution in [3.05, 3.63) is 29.3 Å². The Morgan fingerprint density at radius 3 is 3.11 bits per heavy atom. The van der Waals surface area contributed by atoms with Gasteiger partial charge < -0.3 is 15.4 Å². The highest BCUT2D eigenvalue weighted by Gasteiger charge is 2.18. The second-order valence-electron chi connectivity index (χ2n) is 4.40. The van der Waals surface area contributed by atoms with Gasteiger partial charge in [0.2, 0.25) is 5.91 Å². The second-order valence-corrected chi connectivity index (χ2v) is 4.40. The summed E-state index contributed by atoms with van der Waals surface area (Å²) in [5.41, 5.74) is 2.25. The van der Waals surface area contributed by atoms with Gasteiger partial charge in [-0.15, -0.1) is 0 Å². The van der Waals surface area contributed by atoms with Crippen LogP contribution >= 0.6 is 0 Å². The molecule has 5 heteroatoms. The van der Waals surface area contributed by atoms with Crippen LogP contribution in [0.1, 0.15) is 29.3 Å². The fourth-order valence-corrected chi connectivity index (χ4v) is 1.98. The molecule has 0 spiro atoms. The van der Waals surface area contributed by atoms with Crippen LogP contribution < -0.4 is 10.6 Å². The molecule has 0 unspecified atom stereocenters. The van der Waals surface area contributed by atoms with E-state index in [0.29, 0.717) is 31.7 Å². The van der Waals surface area contributed by atoms with Gasteiger partial charge >= 0.3 is 0 Å². The Morgan fingerprint density at radius 1 is 1.47 bits per heavy atom. The minimum atomic E-state index is -0.125. The molecule has 1 aromatic carbocycles. The third-order valence-electron chi connectivity index (χ3n) is 2.95. The van der Waals surface area contributed by atoms with Crippen molar-refractivity contribution in [1.29, 1.82) is 0 Å². The van der Waals surface area contributed by atoms with Gasteiger partial charge in [-0.05, 0) is 31.0 Å². The first kappa shape index (κ1) is 13.5. The Bertz CT molecular complexity index is 486. The van der Waals surface area contributed by atoms with Crippen LogP contribution in [0, 0.1) is 0 Å². The van der Waals surface area contributed by atoms with Crippen molar-refractivity contribution >= 4 is 17.5 Å². The summed E-state index contributed by atoms with van der Waals surface area (Å²) < 4.78 is 5.19. The van der Waals surface area contributed by atoms with E-state index in [1.165, 1.54) is 0 Å². The van der Waals surface area contributed by atoms with E-state index in [4.69, 9.17) is 4.74 Å².